The highest BCUT2D eigenvalue weighted by Crippen LogP contribution is 2.61. The van der Waals surface area contributed by atoms with Gasteiger partial charge in [-0.2, -0.15) is 0 Å². The molecule has 4 fully saturated rings. The third-order valence-corrected chi connectivity index (χ3v) is 6.69. The van der Waals surface area contributed by atoms with Crippen LogP contribution in [0.3, 0.4) is 0 Å². The molecule has 0 aromatic heterocycles. The van der Waals surface area contributed by atoms with E-state index >= 15 is 0 Å². The minimum absolute atomic E-state index is 0.115. The molecule has 3 nitrogen and oxygen atoms in total. The van der Waals surface area contributed by atoms with E-state index in [2.05, 4.69) is 5.32 Å². The van der Waals surface area contributed by atoms with E-state index in [1.165, 1.54) is 44.9 Å². The van der Waals surface area contributed by atoms with Crippen LogP contribution < -0.4 is 10.1 Å². The third kappa shape index (κ3) is 3.18. The molecule has 130 valence electrons. The van der Waals surface area contributed by atoms with E-state index in [0.29, 0.717) is 11.8 Å². The van der Waals surface area contributed by atoms with Gasteiger partial charge in [0, 0.05) is 12.1 Å². The van der Waals surface area contributed by atoms with Crippen molar-refractivity contribution < 1.29 is 9.53 Å². The Morgan fingerprint density at radius 1 is 1.12 bits per heavy atom. The third-order valence-electron chi connectivity index (χ3n) is 6.69. The Labute approximate surface area is 145 Å². The van der Waals surface area contributed by atoms with Crippen LogP contribution in [0.4, 0.5) is 0 Å². The first-order valence-electron chi connectivity index (χ1n) is 9.54. The normalized spacial score (nSPS) is 33.5. The van der Waals surface area contributed by atoms with Crippen molar-refractivity contribution in [3.05, 3.63) is 29.8 Å². The lowest BCUT2D eigenvalue weighted by atomic mass is 9.49. The van der Waals surface area contributed by atoms with Crippen molar-refractivity contribution >= 4 is 5.91 Å². The van der Waals surface area contributed by atoms with Crippen molar-refractivity contribution in [2.24, 2.45) is 23.2 Å². The molecular weight excluding hydrogens is 298 g/mol. The number of rotatable bonds is 6. The summed E-state index contributed by atoms with van der Waals surface area (Å²) in [6.07, 6.45) is 10.3. The predicted molar refractivity (Wildman–Crippen MR) is 94.9 cm³/mol. The zero-order chi connectivity index (χ0) is 16.6. The molecule has 0 aliphatic heterocycles. The average molecular weight is 327 g/mol. The van der Waals surface area contributed by atoms with Gasteiger partial charge in [-0.25, -0.2) is 0 Å². The lowest BCUT2D eigenvalue weighted by molar-refractivity contribution is -0.120. The maximum absolute atomic E-state index is 12.3. The van der Waals surface area contributed by atoms with E-state index in [-0.39, 0.29) is 5.91 Å². The highest BCUT2D eigenvalue weighted by atomic mass is 16.5. The molecular formula is C21H29NO2. The standard InChI is InChI=1S/C21H29NO2/c1-24-19-5-3-2-4-18(19)11-20(23)22-7-6-21-12-15-8-16(13-21)10-17(9-15)14-21/h2-5,15-17H,6-14H2,1H3,(H,22,23). The molecule has 1 aromatic rings. The minimum Gasteiger partial charge on any atom is -0.496 e. The molecule has 0 radical (unpaired) electrons. The monoisotopic (exact) mass is 327 g/mol. The van der Waals surface area contributed by atoms with E-state index in [4.69, 9.17) is 4.74 Å². The molecule has 1 aromatic carbocycles. The summed E-state index contributed by atoms with van der Waals surface area (Å²) in [5.74, 6) is 3.87. The fourth-order valence-corrected chi connectivity index (χ4v) is 6.15. The van der Waals surface area contributed by atoms with Crippen LogP contribution in [0.25, 0.3) is 0 Å². The fraction of sp³-hybridized carbons (Fsp3) is 0.667. The van der Waals surface area contributed by atoms with Gasteiger partial charge in [-0.1, -0.05) is 18.2 Å². The van der Waals surface area contributed by atoms with Crippen molar-refractivity contribution in [3.8, 4) is 5.75 Å². The summed E-state index contributed by atoms with van der Waals surface area (Å²) in [6, 6.07) is 7.78. The van der Waals surface area contributed by atoms with Gasteiger partial charge in [0.25, 0.3) is 0 Å². The summed E-state index contributed by atoms with van der Waals surface area (Å²) in [6.45, 7) is 0.833. The lowest BCUT2D eigenvalue weighted by Crippen LogP contribution is -2.47. The second-order valence-electron chi connectivity index (χ2n) is 8.51. The molecule has 4 bridgehead atoms. The van der Waals surface area contributed by atoms with Crippen LogP contribution in [0.5, 0.6) is 5.75 Å². The summed E-state index contributed by atoms with van der Waals surface area (Å²) in [5, 5.41) is 3.16. The lowest BCUT2D eigenvalue weighted by Gasteiger charge is -2.57. The topological polar surface area (TPSA) is 38.3 Å². The van der Waals surface area contributed by atoms with Crippen molar-refractivity contribution in [2.75, 3.05) is 13.7 Å². The minimum atomic E-state index is 0.115. The Kier molecular flexibility index (Phi) is 4.28. The molecule has 4 aliphatic rings. The van der Waals surface area contributed by atoms with E-state index < -0.39 is 0 Å². The molecule has 3 heteroatoms. The van der Waals surface area contributed by atoms with Crippen LogP contribution >= 0.6 is 0 Å². The van der Waals surface area contributed by atoms with Crippen molar-refractivity contribution in [1.82, 2.24) is 5.32 Å². The highest BCUT2D eigenvalue weighted by molar-refractivity contribution is 5.79. The largest absolute Gasteiger partial charge is 0.496 e. The first-order chi connectivity index (χ1) is 11.7. The molecule has 1 amide bonds. The van der Waals surface area contributed by atoms with Gasteiger partial charge in [0.05, 0.1) is 13.5 Å². The van der Waals surface area contributed by atoms with Gasteiger partial charge < -0.3 is 10.1 Å². The molecule has 0 spiro atoms. The quantitative estimate of drug-likeness (QED) is 0.859. The molecule has 0 atom stereocenters. The molecule has 0 heterocycles. The maximum Gasteiger partial charge on any atom is 0.224 e. The second kappa shape index (κ2) is 6.42. The molecule has 4 saturated carbocycles. The van der Waals surface area contributed by atoms with Crippen LogP contribution in [-0.2, 0) is 11.2 Å². The Bertz CT molecular complexity index is 574. The van der Waals surface area contributed by atoms with Crippen LogP contribution in [0.15, 0.2) is 24.3 Å². The average Bonchev–Trinajstić information content (AvgIpc) is 2.54. The number of ether oxygens (including phenoxy) is 1. The summed E-state index contributed by atoms with van der Waals surface area (Å²) in [7, 11) is 1.66. The zero-order valence-electron chi connectivity index (χ0n) is 14.7. The maximum atomic E-state index is 12.3. The van der Waals surface area contributed by atoms with Gasteiger partial charge >= 0.3 is 0 Å². The summed E-state index contributed by atoms with van der Waals surface area (Å²) in [5.41, 5.74) is 1.51. The van der Waals surface area contributed by atoms with Crippen molar-refractivity contribution in [3.63, 3.8) is 0 Å². The smallest absolute Gasteiger partial charge is 0.224 e. The molecule has 24 heavy (non-hydrogen) atoms. The van der Waals surface area contributed by atoms with Gasteiger partial charge in [0.15, 0.2) is 0 Å². The SMILES string of the molecule is COc1ccccc1CC(=O)NCCC12CC3CC(CC(C3)C1)C2. The highest BCUT2D eigenvalue weighted by Gasteiger charge is 2.50. The van der Waals surface area contributed by atoms with Gasteiger partial charge in [-0.05, 0) is 74.2 Å². The van der Waals surface area contributed by atoms with E-state index in [9.17, 15) is 4.79 Å². The van der Waals surface area contributed by atoms with E-state index in [1.807, 2.05) is 24.3 Å². The Balaban J connectivity index is 1.29. The Morgan fingerprint density at radius 3 is 2.38 bits per heavy atom. The van der Waals surface area contributed by atoms with Crippen LogP contribution in [0.1, 0.15) is 50.5 Å². The molecule has 0 unspecified atom stereocenters. The van der Waals surface area contributed by atoms with Crippen LogP contribution in [0, 0.1) is 23.2 Å². The zero-order valence-corrected chi connectivity index (χ0v) is 14.7. The first kappa shape index (κ1) is 16.0. The van der Waals surface area contributed by atoms with Gasteiger partial charge in [0.2, 0.25) is 5.91 Å². The number of carbonyl (C=O) groups is 1. The van der Waals surface area contributed by atoms with Crippen LogP contribution in [0.2, 0.25) is 0 Å². The summed E-state index contributed by atoms with van der Waals surface area (Å²) < 4.78 is 5.34. The molecule has 5 rings (SSSR count). The number of para-hydroxylation sites is 1. The molecule has 1 N–H and O–H groups in total. The van der Waals surface area contributed by atoms with Crippen molar-refractivity contribution in [1.29, 1.82) is 0 Å². The fourth-order valence-electron chi connectivity index (χ4n) is 6.15. The number of benzene rings is 1. The van der Waals surface area contributed by atoms with E-state index in [0.717, 1.165) is 35.6 Å². The molecule has 0 saturated heterocycles. The number of amides is 1. The first-order valence-corrected chi connectivity index (χ1v) is 9.54. The Morgan fingerprint density at radius 2 is 1.75 bits per heavy atom. The van der Waals surface area contributed by atoms with E-state index in [1.54, 1.807) is 7.11 Å². The molecule has 4 aliphatic carbocycles. The number of hydrogen-bond donors (Lipinski definition) is 1. The summed E-state index contributed by atoms with van der Waals surface area (Å²) in [4.78, 5) is 12.3. The predicted octanol–water partition coefficient (Wildman–Crippen LogP) is 3.96. The van der Waals surface area contributed by atoms with Gasteiger partial charge in [-0.3, -0.25) is 4.79 Å². The van der Waals surface area contributed by atoms with Gasteiger partial charge in [-0.15, -0.1) is 0 Å². The van der Waals surface area contributed by atoms with Gasteiger partial charge in [0.1, 0.15) is 5.75 Å². The van der Waals surface area contributed by atoms with Crippen LogP contribution in [-0.4, -0.2) is 19.6 Å². The Hall–Kier alpha value is -1.51. The second-order valence-corrected chi connectivity index (χ2v) is 8.51. The summed E-state index contributed by atoms with van der Waals surface area (Å²) >= 11 is 0. The number of hydrogen-bond acceptors (Lipinski definition) is 2. The number of carbonyl (C=O) groups excluding carboxylic acids is 1. The number of nitrogens with one attached hydrogen (secondary N) is 1. The van der Waals surface area contributed by atoms with Crippen molar-refractivity contribution in [2.45, 2.75) is 51.4 Å². The number of methoxy groups -OCH3 is 1.